The molecule has 0 aliphatic carbocycles. The number of nitrogens with zero attached hydrogens (tertiary/aromatic N) is 3. The monoisotopic (exact) mass is 257 g/mol. The average molecular weight is 257 g/mol. The Labute approximate surface area is 113 Å². The van der Waals surface area contributed by atoms with Crippen molar-refractivity contribution in [3.8, 4) is 0 Å². The van der Waals surface area contributed by atoms with E-state index in [0.717, 1.165) is 18.4 Å². The van der Waals surface area contributed by atoms with Gasteiger partial charge in [-0.15, -0.1) is 5.10 Å². The summed E-state index contributed by atoms with van der Waals surface area (Å²) >= 11 is 0. The minimum Gasteiger partial charge on any atom is -0.291 e. The van der Waals surface area contributed by atoms with Crippen LogP contribution in [0, 0.1) is 0 Å². The SMILES string of the molecule is CCC(CC)(C(=O)c1cnnn1C)c1ccccc1. The molecule has 0 bridgehead atoms. The van der Waals surface area contributed by atoms with E-state index in [1.807, 2.05) is 30.3 Å². The van der Waals surface area contributed by atoms with Crippen molar-refractivity contribution in [2.75, 3.05) is 0 Å². The first-order valence-electron chi connectivity index (χ1n) is 6.60. The molecule has 1 aromatic carbocycles. The van der Waals surface area contributed by atoms with Gasteiger partial charge < -0.3 is 0 Å². The lowest BCUT2D eigenvalue weighted by molar-refractivity contribution is 0.0863. The molecule has 4 heteroatoms. The second-order valence-corrected chi connectivity index (χ2v) is 4.73. The summed E-state index contributed by atoms with van der Waals surface area (Å²) in [5, 5.41) is 7.67. The van der Waals surface area contributed by atoms with Gasteiger partial charge in [0.2, 0.25) is 0 Å². The first-order valence-corrected chi connectivity index (χ1v) is 6.60. The molecule has 0 aliphatic heterocycles. The summed E-state index contributed by atoms with van der Waals surface area (Å²) in [7, 11) is 1.75. The van der Waals surface area contributed by atoms with Gasteiger partial charge >= 0.3 is 0 Å². The molecule has 2 aromatic rings. The first kappa shape index (κ1) is 13.5. The third-order valence-corrected chi connectivity index (χ3v) is 3.92. The van der Waals surface area contributed by atoms with Gasteiger partial charge in [0.05, 0.1) is 11.6 Å². The number of aryl methyl sites for hydroxylation is 1. The van der Waals surface area contributed by atoms with Gasteiger partial charge in [0.25, 0.3) is 0 Å². The summed E-state index contributed by atoms with van der Waals surface area (Å²) in [5.41, 5.74) is 1.13. The van der Waals surface area contributed by atoms with E-state index in [0.29, 0.717) is 5.69 Å². The normalized spacial score (nSPS) is 11.5. The van der Waals surface area contributed by atoms with Crippen LogP contribution in [0.3, 0.4) is 0 Å². The minimum absolute atomic E-state index is 0.0937. The van der Waals surface area contributed by atoms with E-state index in [1.54, 1.807) is 17.9 Å². The average Bonchev–Trinajstić information content (AvgIpc) is 2.88. The third kappa shape index (κ3) is 2.18. The van der Waals surface area contributed by atoms with Crippen LogP contribution in [0.5, 0.6) is 0 Å². The van der Waals surface area contributed by atoms with E-state index >= 15 is 0 Å². The molecule has 0 aliphatic rings. The maximum absolute atomic E-state index is 12.9. The number of carbonyl (C=O) groups is 1. The Morgan fingerprint density at radius 2 is 1.84 bits per heavy atom. The summed E-state index contributed by atoms with van der Waals surface area (Å²) in [5.74, 6) is 0.0937. The number of hydrogen-bond acceptors (Lipinski definition) is 3. The van der Waals surface area contributed by atoms with E-state index in [9.17, 15) is 4.79 Å². The molecular weight excluding hydrogens is 238 g/mol. The molecule has 2 rings (SSSR count). The predicted octanol–water partition coefficient (Wildman–Crippen LogP) is 2.76. The Bertz CT molecular complexity index is 556. The number of aromatic nitrogens is 3. The van der Waals surface area contributed by atoms with E-state index in [4.69, 9.17) is 0 Å². The molecule has 0 radical (unpaired) electrons. The highest BCUT2D eigenvalue weighted by Gasteiger charge is 2.38. The molecule has 0 spiro atoms. The van der Waals surface area contributed by atoms with Crippen molar-refractivity contribution in [1.29, 1.82) is 0 Å². The molecule has 4 nitrogen and oxygen atoms in total. The van der Waals surface area contributed by atoms with Crippen molar-refractivity contribution < 1.29 is 4.79 Å². The Morgan fingerprint density at radius 3 is 2.32 bits per heavy atom. The lowest BCUT2D eigenvalue weighted by Crippen LogP contribution is -2.36. The van der Waals surface area contributed by atoms with Crippen LogP contribution in [-0.2, 0) is 12.5 Å². The summed E-state index contributed by atoms with van der Waals surface area (Å²) in [6.07, 6.45) is 3.07. The zero-order chi connectivity index (χ0) is 13.9. The molecule has 0 atom stereocenters. The lowest BCUT2D eigenvalue weighted by Gasteiger charge is -2.30. The highest BCUT2D eigenvalue weighted by atomic mass is 16.1. The fourth-order valence-corrected chi connectivity index (χ4v) is 2.61. The van der Waals surface area contributed by atoms with E-state index < -0.39 is 5.41 Å². The Kier molecular flexibility index (Phi) is 3.79. The molecular formula is C15H19N3O. The number of benzene rings is 1. The number of Topliss-reactive ketones (excluding diaryl/α,β-unsaturated/α-hetero) is 1. The van der Waals surface area contributed by atoms with Crippen molar-refractivity contribution in [3.05, 3.63) is 47.8 Å². The summed E-state index contributed by atoms with van der Waals surface area (Å²) in [6.45, 7) is 4.11. The standard InChI is InChI=1S/C15H19N3O/c1-4-15(5-2,12-9-7-6-8-10-12)14(19)13-11-16-17-18(13)3/h6-11H,4-5H2,1-3H3. The maximum Gasteiger partial charge on any atom is 0.192 e. The zero-order valence-corrected chi connectivity index (χ0v) is 11.6. The van der Waals surface area contributed by atoms with E-state index in [-0.39, 0.29) is 5.78 Å². The highest BCUT2D eigenvalue weighted by Crippen LogP contribution is 2.34. The summed E-state index contributed by atoms with van der Waals surface area (Å²) in [4.78, 5) is 12.9. The molecule has 0 amide bonds. The maximum atomic E-state index is 12.9. The molecule has 0 saturated carbocycles. The second kappa shape index (κ2) is 5.34. The van der Waals surface area contributed by atoms with Gasteiger partial charge in [-0.25, -0.2) is 4.68 Å². The predicted molar refractivity (Wildman–Crippen MR) is 74.0 cm³/mol. The Balaban J connectivity index is 2.52. The fraction of sp³-hybridized carbons (Fsp3) is 0.400. The fourth-order valence-electron chi connectivity index (χ4n) is 2.61. The van der Waals surface area contributed by atoms with Crippen LogP contribution in [0.25, 0.3) is 0 Å². The topological polar surface area (TPSA) is 47.8 Å². The number of ketones is 1. The van der Waals surface area contributed by atoms with Gasteiger partial charge in [0, 0.05) is 7.05 Å². The highest BCUT2D eigenvalue weighted by molar-refractivity contribution is 6.02. The van der Waals surface area contributed by atoms with Crippen molar-refractivity contribution >= 4 is 5.78 Å². The first-order chi connectivity index (χ1) is 9.15. The molecule has 100 valence electrons. The van der Waals surface area contributed by atoms with Gasteiger partial charge in [-0.2, -0.15) is 0 Å². The van der Waals surface area contributed by atoms with Gasteiger partial charge in [0.15, 0.2) is 5.78 Å². The molecule has 0 fully saturated rings. The van der Waals surface area contributed by atoms with E-state index in [2.05, 4.69) is 24.2 Å². The van der Waals surface area contributed by atoms with Crippen molar-refractivity contribution in [3.63, 3.8) is 0 Å². The smallest absolute Gasteiger partial charge is 0.192 e. The zero-order valence-electron chi connectivity index (χ0n) is 11.6. The molecule has 19 heavy (non-hydrogen) atoms. The van der Waals surface area contributed by atoms with Gasteiger partial charge in [-0.3, -0.25) is 4.79 Å². The van der Waals surface area contributed by atoms with Gasteiger partial charge in [-0.1, -0.05) is 49.4 Å². The molecule has 0 saturated heterocycles. The number of hydrogen-bond donors (Lipinski definition) is 0. The Morgan fingerprint density at radius 1 is 1.21 bits per heavy atom. The Hall–Kier alpha value is -1.97. The van der Waals surface area contributed by atoms with Crippen molar-refractivity contribution in [1.82, 2.24) is 15.0 Å². The molecule has 0 N–H and O–H groups in total. The number of carbonyl (C=O) groups excluding carboxylic acids is 1. The third-order valence-electron chi connectivity index (χ3n) is 3.92. The molecule has 0 unspecified atom stereocenters. The molecule has 1 heterocycles. The quantitative estimate of drug-likeness (QED) is 0.774. The van der Waals surface area contributed by atoms with Crippen LogP contribution in [0.1, 0.15) is 42.7 Å². The number of rotatable bonds is 5. The van der Waals surface area contributed by atoms with Crippen LogP contribution >= 0.6 is 0 Å². The minimum atomic E-state index is -0.489. The van der Waals surface area contributed by atoms with Crippen LogP contribution < -0.4 is 0 Å². The summed E-state index contributed by atoms with van der Waals surface area (Å²) in [6, 6.07) is 9.97. The second-order valence-electron chi connectivity index (χ2n) is 4.73. The van der Waals surface area contributed by atoms with Crippen molar-refractivity contribution in [2.45, 2.75) is 32.1 Å². The van der Waals surface area contributed by atoms with Crippen LogP contribution in [0.4, 0.5) is 0 Å². The lowest BCUT2D eigenvalue weighted by atomic mass is 9.71. The largest absolute Gasteiger partial charge is 0.291 e. The van der Waals surface area contributed by atoms with Crippen LogP contribution in [-0.4, -0.2) is 20.8 Å². The van der Waals surface area contributed by atoms with Crippen molar-refractivity contribution in [2.24, 2.45) is 7.05 Å². The van der Waals surface area contributed by atoms with Crippen LogP contribution in [0.2, 0.25) is 0 Å². The van der Waals surface area contributed by atoms with Gasteiger partial charge in [0.1, 0.15) is 5.69 Å². The van der Waals surface area contributed by atoms with Gasteiger partial charge in [-0.05, 0) is 18.4 Å². The van der Waals surface area contributed by atoms with Crippen LogP contribution in [0.15, 0.2) is 36.5 Å². The summed E-state index contributed by atoms with van der Waals surface area (Å²) < 4.78 is 1.55. The van der Waals surface area contributed by atoms with E-state index in [1.165, 1.54) is 0 Å². The molecule has 1 aromatic heterocycles.